The number of thioether (sulfide) groups is 1. The molecule has 13 heavy (non-hydrogen) atoms. The summed E-state index contributed by atoms with van der Waals surface area (Å²) in [6.07, 6.45) is 0.854. The Bertz CT molecular complexity index is 300. The van der Waals surface area contributed by atoms with Gasteiger partial charge >= 0.3 is 0 Å². The van der Waals surface area contributed by atoms with Crippen LogP contribution in [0, 0.1) is 0 Å². The fourth-order valence-electron chi connectivity index (χ4n) is 0.849. The maximum atomic E-state index is 10.4. The molecule has 0 fully saturated rings. The van der Waals surface area contributed by atoms with E-state index < -0.39 is 0 Å². The molecule has 0 bridgehead atoms. The summed E-state index contributed by atoms with van der Waals surface area (Å²) < 4.78 is 0. The van der Waals surface area contributed by atoms with E-state index in [1.165, 1.54) is 4.90 Å². The van der Waals surface area contributed by atoms with Crippen LogP contribution in [-0.2, 0) is 0 Å². The van der Waals surface area contributed by atoms with Crippen molar-refractivity contribution < 1.29 is 4.79 Å². The summed E-state index contributed by atoms with van der Waals surface area (Å²) in [5.74, 6) is 0.931. The van der Waals surface area contributed by atoms with Gasteiger partial charge in [0.1, 0.15) is 6.29 Å². The SMILES string of the molecule is C=C(C)CSc1ccc(C=O)cc1. The van der Waals surface area contributed by atoms with Gasteiger partial charge in [-0.1, -0.05) is 24.3 Å². The van der Waals surface area contributed by atoms with E-state index in [4.69, 9.17) is 0 Å². The molecule has 0 heterocycles. The molecule has 0 spiro atoms. The number of hydrogen-bond acceptors (Lipinski definition) is 2. The Morgan fingerprint density at radius 1 is 1.46 bits per heavy atom. The molecule has 0 atom stereocenters. The van der Waals surface area contributed by atoms with E-state index in [0.29, 0.717) is 0 Å². The first-order valence-corrected chi connectivity index (χ1v) is 5.03. The summed E-state index contributed by atoms with van der Waals surface area (Å²) >= 11 is 1.73. The molecule has 0 radical (unpaired) electrons. The minimum Gasteiger partial charge on any atom is -0.298 e. The summed E-state index contributed by atoms with van der Waals surface area (Å²) in [6.45, 7) is 5.83. The monoisotopic (exact) mass is 192 g/mol. The van der Waals surface area contributed by atoms with Gasteiger partial charge in [0, 0.05) is 16.2 Å². The van der Waals surface area contributed by atoms with E-state index in [0.717, 1.165) is 23.2 Å². The van der Waals surface area contributed by atoms with Crippen LogP contribution >= 0.6 is 11.8 Å². The van der Waals surface area contributed by atoms with Crippen LogP contribution in [0.15, 0.2) is 41.3 Å². The van der Waals surface area contributed by atoms with Crippen molar-refractivity contribution in [3.05, 3.63) is 42.0 Å². The first-order valence-electron chi connectivity index (χ1n) is 4.05. The molecule has 0 aliphatic rings. The Kier molecular flexibility index (Phi) is 3.77. The van der Waals surface area contributed by atoms with Gasteiger partial charge in [0.2, 0.25) is 0 Å². The van der Waals surface area contributed by atoms with Crippen molar-refractivity contribution in [2.45, 2.75) is 11.8 Å². The number of rotatable bonds is 4. The van der Waals surface area contributed by atoms with Crippen molar-refractivity contribution in [2.24, 2.45) is 0 Å². The maximum absolute atomic E-state index is 10.4. The van der Waals surface area contributed by atoms with E-state index in [1.54, 1.807) is 11.8 Å². The second kappa shape index (κ2) is 4.87. The van der Waals surface area contributed by atoms with Crippen LogP contribution in [-0.4, -0.2) is 12.0 Å². The predicted octanol–water partition coefficient (Wildman–Crippen LogP) is 3.17. The van der Waals surface area contributed by atoms with Crippen molar-refractivity contribution in [1.82, 2.24) is 0 Å². The molecule has 0 aliphatic carbocycles. The van der Waals surface area contributed by atoms with Crippen LogP contribution < -0.4 is 0 Å². The van der Waals surface area contributed by atoms with E-state index in [1.807, 2.05) is 31.2 Å². The minimum absolute atomic E-state index is 0.722. The first-order chi connectivity index (χ1) is 6.22. The maximum Gasteiger partial charge on any atom is 0.150 e. The highest BCUT2D eigenvalue weighted by molar-refractivity contribution is 7.99. The van der Waals surface area contributed by atoms with E-state index in [9.17, 15) is 4.79 Å². The van der Waals surface area contributed by atoms with Gasteiger partial charge < -0.3 is 0 Å². The fraction of sp³-hybridized carbons (Fsp3) is 0.182. The highest BCUT2D eigenvalue weighted by atomic mass is 32.2. The van der Waals surface area contributed by atoms with Crippen LogP contribution in [0.5, 0.6) is 0 Å². The lowest BCUT2D eigenvalue weighted by Crippen LogP contribution is -1.81. The molecule has 0 aromatic heterocycles. The van der Waals surface area contributed by atoms with E-state index in [-0.39, 0.29) is 0 Å². The molecule has 0 unspecified atom stereocenters. The Hall–Kier alpha value is -1.02. The zero-order valence-corrected chi connectivity index (χ0v) is 8.43. The summed E-state index contributed by atoms with van der Waals surface area (Å²) in [4.78, 5) is 11.5. The lowest BCUT2D eigenvalue weighted by atomic mass is 10.2. The average molecular weight is 192 g/mol. The van der Waals surface area contributed by atoms with E-state index >= 15 is 0 Å². The van der Waals surface area contributed by atoms with Gasteiger partial charge in [-0.25, -0.2) is 0 Å². The lowest BCUT2D eigenvalue weighted by molar-refractivity contribution is 0.112. The molecule has 1 rings (SSSR count). The van der Waals surface area contributed by atoms with Crippen LogP contribution in [0.3, 0.4) is 0 Å². The zero-order valence-electron chi connectivity index (χ0n) is 7.62. The molecular formula is C11H12OS. The van der Waals surface area contributed by atoms with Crippen molar-refractivity contribution in [3.8, 4) is 0 Å². The summed E-state index contributed by atoms with van der Waals surface area (Å²) in [5.41, 5.74) is 1.88. The number of carbonyl (C=O) groups excluding carboxylic acids is 1. The lowest BCUT2D eigenvalue weighted by Gasteiger charge is -2.00. The number of benzene rings is 1. The largest absolute Gasteiger partial charge is 0.298 e. The van der Waals surface area contributed by atoms with Gasteiger partial charge in [0.15, 0.2) is 0 Å². The Morgan fingerprint density at radius 3 is 2.54 bits per heavy atom. The van der Waals surface area contributed by atoms with Gasteiger partial charge in [-0.3, -0.25) is 4.79 Å². The molecule has 0 N–H and O–H groups in total. The molecule has 1 nitrogen and oxygen atoms in total. The quantitative estimate of drug-likeness (QED) is 0.414. The number of aldehydes is 1. The summed E-state index contributed by atoms with van der Waals surface area (Å²) in [5, 5.41) is 0. The molecule has 68 valence electrons. The predicted molar refractivity (Wildman–Crippen MR) is 57.4 cm³/mol. The fourth-order valence-corrected chi connectivity index (χ4v) is 1.59. The second-order valence-corrected chi connectivity index (χ2v) is 3.98. The highest BCUT2D eigenvalue weighted by Gasteiger charge is 1.94. The van der Waals surface area contributed by atoms with Crippen molar-refractivity contribution in [1.29, 1.82) is 0 Å². The van der Waals surface area contributed by atoms with E-state index in [2.05, 4.69) is 6.58 Å². The van der Waals surface area contributed by atoms with Crippen molar-refractivity contribution in [2.75, 3.05) is 5.75 Å². The molecule has 1 aromatic rings. The van der Waals surface area contributed by atoms with Gasteiger partial charge in [-0.05, 0) is 19.1 Å². The Balaban J connectivity index is 2.59. The molecular weight excluding hydrogens is 180 g/mol. The van der Waals surface area contributed by atoms with Crippen LogP contribution in [0.25, 0.3) is 0 Å². The summed E-state index contributed by atoms with van der Waals surface area (Å²) in [7, 11) is 0. The molecule has 0 saturated carbocycles. The normalized spacial score (nSPS) is 9.62. The topological polar surface area (TPSA) is 17.1 Å². The van der Waals surface area contributed by atoms with Crippen LogP contribution in [0.2, 0.25) is 0 Å². The van der Waals surface area contributed by atoms with Crippen LogP contribution in [0.1, 0.15) is 17.3 Å². The van der Waals surface area contributed by atoms with Gasteiger partial charge in [-0.15, -0.1) is 11.8 Å². The molecule has 1 aromatic carbocycles. The standard InChI is InChI=1S/C11H12OS/c1-9(2)8-13-11-5-3-10(7-12)4-6-11/h3-7H,1,8H2,2H3. The average Bonchev–Trinajstić information content (AvgIpc) is 2.15. The highest BCUT2D eigenvalue weighted by Crippen LogP contribution is 2.19. The van der Waals surface area contributed by atoms with Crippen molar-refractivity contribution >= 4 is 18.0 Å². The zero-order chi connectivity index (χ0) is 9.68. The number of hydrogen-bond donors (Lipinski definition) is 0. The van der Waals surface area contributed by atoms with Crippen LogP contribution in [0.4, 0.5) is 0 Å². The third-order valence-corrected chi connectivity index (χ3v) is 2.74. The third kappa shape index (κ3) is 3.47. The Morgan fingerprint density at radius 2 is 2.08 bits per heavy atom. The number of carbonyl (C=O) groups is 1. The second-order valence-electron chi connectivity index (χ2n) is 2.93. The third-order valence-electron chi connectivity index (χ3n) is 1.50. The smallest absolute Gasteiger partial charge is 0.150 e. The van der Waals surface area contributed by atoms with Gasteiger partial charge in [-0.2, -0.15) is 0 Å². The first kappa shape index (κ1) is 10.1. The van der Waals surface area contributed by atoms with Crippen molar-refractivity contribution in [3.63, 3.8) is 0 Å². The molecule has 0 amide bonds. The van der Waals surface area contributed by atoms with Gasteiger partial charge in [0.25, 0.3) is 0 Å². The molecule has 0 saturated heterocycles. The van der Waals surface area contributed by atoms with Gasteiger partial charge in [0.05, 0.1) is 0 Å². The molecule has 2 heteroatoms. The minimum atomic E-state index is 0.722. The summed E-state index contributed by atoms with van der Waals surface area (Å²) in [6, 6.07) is 7.57. The Labute approximate surface area is 82.9 Å². The molecule has 0 aliphatic heterocycles.